The van der Waals surface area contributed by atoms with Crippen LogP contribution in [0.3, 0.4) is 0 Å². The van der Waals surface area contributed by atoms with Crippen LogP contribution in [0.4, 0.5) is 17.1 Å². The Kier molecular flexibility index (Phi) is 8.49. The first kappa shape index (κ1) is 40.4. The van der Waals surface area contributed by atoms with Crippen molar-refractivity contribution in [1.29, 1.82) is 0 Å². The Morgan fingerprint density at radius 2 is 0.708 bits per heavy atom. The van der Waals surface area contributed by atoms with Crippen molar-refractivity contribution in [2.24, 2.45) is 0 Å². The van der Waals surface area contributed by atoms with Crippen LogP contribution >= 0.6 is 23.5 Å². The number of para-hydroxylation sites is 1. The number of furan rings is 1. The molecular weight excluding hydrogens is 911 g/mol. The van der Waals surface area contributed by atoms with Gasteiger partial charge in [0.1, 0.15) is 11.2 Å². The standard InChI is InChI=1S/C68H41NOS2/c1-4-18-53-47(15-1)49-37-34-46(41-60(49)68(53)58-22-8-13-27-65(58)72-66-28-14-9-23-59(66)68)69(44-32-29-42(30-33-44)43-31-36-51-50-17-3-10-24-61(50)70-62(51)39-43)45-35-38-55-52(40-45)48-16-2-5-19-54(48)67(55)56-20-6-11-25-63(56)71-64-26-12-7-21-57(64)67/h1-41H. The summed E-state index contributed by atoms with van der Waals surface area (Å²) in [7, 11) is 0. The number of rotatable bonds is 4. The molecule has 0 N–H and O–H groups in total. The number of hydrogen-bond acceptors (Lipinski definition) is 4. The number of nitrogens with zero attached hydrogens (tertiary/aromatic N) is 1. The number of anilines is 3. The SMILES string of the molecule is c1ccc2c(c1)Sc1ccccc1C21c2ccccc2-c2cc(N(c3ccc(-c4ccc5c(c4)oc4ccccc45)cc3)c3ccc4c(c3)C3(c5ccccc5Sc5ccccc53)c3ccccc3-4)ccc21. The van der Waals surface area contributed by atoms with Crippen molar-refractivity contribution < 1.29 is 4.42 Å². The van der Waals surface area contributed by atoms with Crippen LogP contribution in [0.15, 0.2) is 273 Å². The Morgan fingerprint density at radius 1 is 0.278 bits per heavy atom. The molecule has 336 valence electrons. The lowest BCUT2D eigenvalue weighted by Gasteiger charge is -2.40. The highest BCUT2D eigenvalue weighted by molar-refractivity contribution is 7.99. The smallest absolute Gasteiger partial charge is 0.136 e. The maximum Gasteiger partial charge on any atom is 0.136 e. The van der Waals surface area contributed by atoms with Gasteiger partial charge in [-0.1, -0.05) is 193 Å². The maximum absolute atomic E-state index is 6.37. The molecule has 2 aliphatic carbocycles. The van der Waals surface area contributed by atoms with Gasteiger partial charge >= 0.3 is 0 Å². The van der Waals surface area contributed by atoms with E-state index in [2.05, 4.69) is 241 Å². The summed E-state index contributed by atoms with van der Waals surface area (Å²) in [5.74, 6) is 0. The third-order valence-corrected chi connectivity index (χ3v) is 18.3. The molecule has 2 spiro atoms. The van der Waals surface area contributed by atoms with Crippen molar-refractivity contribution in [3.05, 3.63) is 293 Å². The summed E-state index contributed by atoms with van der Waals surface area (Å²) < 4.78 is 6.37. The molecule has 72 heavy (non-hydrogen) atoms. The molecule has 11 aromatic carbocycles. The largest absolute Gasteiger partial charge is 0.456 e. The molecule has 0 bridgehead atoms. The van der Waals surface area contributed by atoms with Crippen LogP contribution in [0, 0.1) is 0 Å². The summed E-state index contributed by atoms with van der Waals surface area (Å²) in [4.78, 5) is 7.70. The summed E-state index contributed by atoms with van der Waals surface area (Å²) in [5, 5.41) is 2.27. The Balaban J connectivity index is 0.926. The van der Waals surface area contributed by atoms with Gasteiger partial charge in [0.15, 0.2) is 0 Å². The van der Waals surface area contributed by atoms with Crippen LogP contribution in [0.1, 0.15) is 44.5 Å². The van der Waals surface area contributed by atoms with Gasteiger partial charge in [-0.15, -0.1) is 0 Å². The summed E-state index contributed by atoms with van der Waals surface area (Å²) in [6.07, 6.45) is 0. The van der Waals surface area contributed by atoms with Gasteiger partial charge in [-0.05, 0) is 157 Å². The topological polar surface area (TPSA) is 16.4 Å². The van der Waals surface area contributed by atoms with Crippen molar-refractivity contribution in [2.45, 2.75) is 30.4 Å². The molecule has 0 unspecified atom stereocenters. The van der Waals surface area contributed by atoms with Gasteiger partial charge in [-0.3, -0.25) is 0 Å². The highest BCUT2D eigenvalue weighted by atomic mass is 32.2. The Bertz CT molecular complexity index is 4170. The van der Waals surface area contributed by atoms with Gasteiger partial charge in [0, 0.05) is 47.4 Å². The van der Waals surface area contributed by atoms with Gasteiger partial charge in [0.05, 0.1) is 10.8 Å². The molecule has 0 radical (unpaired) electrons. The third kappa shape index (κ3) is 5.38. The van der Waals surface area contributed by atoms with Gasteiger partial charge in [-0.2, -0.15) is 0 Å². The lowest BCUT2D eigenvalue weighted by Crippen LogP contribution is -2.32. The fourth-order valence-corrected chi connectivity index (χ4v) is 15.5. The summed E-state index contributed by atoms with van der Waals surface area (Å²) >= 11 is 3.77. The van der Waals surface area contributed by atoms with E-state index in [1.165, 1.54) is 86.3 Å². The molecule has 2 nitrogen and oxygen atoms in total. The van der Waals surface area contributed by atoms with E-state index in [1.54, 1.807) is 0 Å². The summed E-state index contributed by atoms with van der Waals surface area (Å²) in [6, 6.07) is 93.1. The molecule has 0 atom stereocenters. The van der Waals surface area contributed by atoms with Gasteiger partial charge in [0.2, 0.25) is 0 Å². The van der Waals surface area contributed by atoms with E-state index < -0.39 is 10.8 Å². The Morgan fingerprint density at radius 3 is 1.33 bits per heavy atom. The first-order valence-electron chi connectivity index (χ1n) is 24.7. The molecule has 0 fully saturated rings. The van der Waals surface area contributed by atoms with Gasteiger partial charge < -0.3 is 9.32 Å². The van der Waals surface area contributed by atoms with E-state index in [-0.39, 0.29) is 0 Å². The lowest BCUT2D eigenvalue weighted by molar-refractivity contribution is 0.669. The highest BCUT2D eigenvalue weighted by Crippen LogP contribution is 2.65. The molecule has 16 rings (SSSR count). The van der Waals surface area contributed by atoms with Crippen LogP contribution in [0.25, 0.3) is 55.3 Å². The second kappa shape index (κ2) is 15.1. The average Bonchev–Trinajstić information content (AvgIpc) is 4.06. The van der Waals surface area contributed by atoms with Crippen molar-refractivity contribution in [3.8, 4) is 33.4 Å². The molecule has 0 amide bonds. The molecule has 4 aliphatic rings. The number of hydrogen-bond donors (Lipinski definition) is 0. The zero-order valence-electron chi connectivity index (χ0n) is 38.8. The van der Waals surface area contributed by atoms with E-state index in [1.807, 2.05) is 35.7 Å². The highest BCUT2D eigenvalue weighted by Gasteiger charge is 2.52. The third-order valence-electron chi connectivity index (χ3n) is 16.0. The molecule has 1 aromatic heterocycles. The quantitative estimate of drug-likeness (QED) is 0.175. The van der Waals surface area contributed by atoms with E-state index in [0.717, 1.165) is 50.1 Å². The normalized spacial score (nSPS) is 14.5. The molecule has 3 heterocycles. The van der Waals surface area contributed by atoms with Crippen LogP contribution in [-0.2, 0) is 10.8 Å². The first-order valence-corrected chi connectivity index (χ1v) is 26.4. The van der Waals surface area contributed by atoms with Crippen LogP contribution in [0.2, 0.25) is 0 Å². The second-order valence-electron chi connectivity index (χ2n) is 19.4. The van der Waals surface area contributed by atoms with Crippen molar-refractivity contribution in [2.75, 3.05) is 4.90 Å². The summed E-state index contributed by atoms with van der Waals surface area (Å²) in [5.41, 5.74) is 22.1. The number of benzene rings is 11. The zero-order valence-corrected chi connectivity index (χ0v) is 40.5. The minimum absolute atomic E-state index is 0.457. The molecule has 4 heteroatoms. The summed E-state index contributed by atoms with van der Waals surface area (Å²) in [6.45, 7) is 0. The number of fused-ring (bicyclic) bond motifs is 21. The van der Waals surface area contributed by atoms with Crippen LogP contribution in [0.5, 0.6) is 0 Å². The lowest BCUT2D eigenvalue weighted by atomic mass is 9.67. The van der Waals surface area contributed by atoms with E-state index in [9.17, 15) is 0 Å². The van der Waals surface area contributed by atoms with Gasteiger partial charge in [0.25, 0.3) is 0 Å². The monoisotopic (exact) mass is 951 g/mol. The molecule has 12 aromatic rings. The second-order valence-corrected chi connectivity index (χ2v) is 21.6. The molecule has 0 saturated heterocycles. The zero-order chi connectivity index (χ0) is 47.1. The predicted octanol–water partition coefficient (Wildman–Crippen LogP) is 18.4. The molecule has 2 aliphatic heterocycles. The first-order chi connectivity index (χ1) is 35.7. The van der Waals surface area contributed by atoms with Crippen LogP contribution in [-0.4, -0.2) is 0 Å². The minimum Gasteiger partial charge on any atom is -0.456 e. The fraction of sp³-hybridized carbons (Fsp3) is 0.0294. The Hall–Kier alpha value is -8.28. The van der Waals surface area contributed by atoms with Crippen LogP contribution < -0.4 is 4.90 Å². The van der Waals surface area contributed by atoms with E-state index in [0.29, 0.717) is 0 Å². The Labute approximate surface area is 426 Å². The average molecular weight is 952 g/mol. The predicted molar refractivity (Wildman–Crippen MR) is 297 cm³/mol. The maximum atomic E-state index is 6.37. The molecular formula is C68H41NOS2. The van der Waals surface area contributed by atoms with Crippen molar-refractivity contribution >= 4 is 62.5 Å². The van der Waals surface area contributed by atoms with E-state index >= 15 is 0 Å². The molecule has 0 saturated carbocycles. The van der Waals surface area contributed by atoms with E-state index in [4.69, 9.17) is 4.42 Å². The van der Waals surface area contributed by atoms with Crippen molar-refractivity contribution in [1.82, 2.24) is 0 Å². The van der Waals surface area contributed by atoms with Gasteiger partial charge in [-0.25, -0.2) is 0 Å². The minimum atomic E-state index is -0.506. The fourth-order valence-electron chi connectivity index (χ4n) is 13.1. The van der Waals surface area contributed by atoms with Crippen molar-refractivity contribution in [3.63, 3.8) is 0 Å².